The number of allylic oxidation sites excluding steroid dienone is 9. The van der Waals surface area contributed by atoms with Gasteiger partial charge in [0, 0.05) is 13.5 Å². The Kier molecular flexibility index (Phi) is 12.0. The minimum atomic E-state index is -0.0264. The normalized spacial score (nSPS) is 19.9. The fourth-order valence-corrected chi connectivity index (χ4v) is 4.61. The van der Waals surface area contributed by atoms with Crippen molar-refractivity contribution < 1.29 is 9.47 Å². The van der Waals surface area contributed by atoms with E-state index < -0.39 is 0 Å². The molecule has 194 valence electrons. The highest BCUT2D eigenvalue weighted by atomic mass is 16.5. The van der Waals surface area contributed by atoms with Gasteiger partial charge in [0.05, 0.1) is 18.0 Å². The van der Waals surface area contributed by atoms with Gasteiger partial charge in [-0.15, -0.1) is 0 Å². The van der Waals surface area contributed by atoms with Gasteiger partial charge in [-0.05, 0) is 92.9 Å². The molecule has 0 N–H and O–H groups in total. The molecule has 1 aromatic rings. The topological polar surface area (TPSA) is 18.5 Å². The molecule has 2 unspecified atom stereocenters. The van der Waals surface area contributed by atoms with E-state index in [0.29, 0.717) is 0 Å². The van der Waals surface area contributed by atoms with Crippen molar-refractivity contribution in [3.63, 3.8) is 0 Å². The maximum atomic E-state index is 6.10. The van der Waals surface area contributed by atoms with Crippen molar-refractivity contribution in [2.75, 3.05) is 7.11 Å². The van der Waals surface area contributed by atoms with Crippen LogP contribution in [0.25, 0.3) is 5.57 Å². The molecule has 2 atom stereocenters. The molecule has 0 bridgehead atoms. The molecule has 0 heterocycles. The molecular formula is C34H46O2. The van der Waals surface area contributed by atoms with Crippen LogP contribution in [-0.4, -0.2) is 19.3 Å². The summed E-state index contributed by atoms with van der Waals surface area (Å²) in [6.07, 6.45) is 15.7. The Morgan fingerprint density at radius 2 is 1.83 bits per heavy atom. The lowest BCUT2D eigenvalue weighted by Gasteiger charge is -2.29. The SMILES string of the molecule is C=C(C)OC(CC)CCC(C)=C1C=C(c2ccc(C)cc2)CC(OC)C1=CC(=C)C(=CC=CC)CC. The van der Waals surface area contributed by atoms with Crippen molar-refractivity contribution in [1.29, 1.82) is 0 Å². The van der Waals surface area contributed by atoms with E-state index in [1.807, 2.05) is 21.0 Å². The second-order valence-corrected chi connectivity index (χ2v) is 9.74. The zero-order chi connectivity index (χ0) is 26.7. The maximum absolute atomic E-state index is 6.10. The Balaban J connectivity index is 2.57. The molecule has 1 aliphatic carbocycles. The molecule has 2 rings (SSSR count). The number of benzene rings is 1. The molecule has 0 aliphatic heterocycles. The minimum absolute atomic E-state index is 0.0264. The molecule has 0 fully saturated rings. The number of hydrogen-bond acceptors (Lipinski definition) is 2. The molecule has 0 amide bonds. The van der Waals surface area contributed by atoms with Gasteiger partial charge in [-0.2, -0.15) is 0 Å². The Morgan fingerprint density at radius 1 is 1.14 bits per heavy atom. The van der Waals surface area contributed by atoms with E-state index in [4.69, 9.17) is 9.47 Å². The van der Waals surface area contributed by atoms with Crippen molar-refractivity contribution in [1.82, 2.24) is 0 Å². The van der Waals surface area contributed by atoms with E-state index in [-0.39, 0.29) is 12.2 Å². The lowest BCUT2D eigenvalue weighted by Crippen LogP contribution is -2.21. The molecule has 36 heavy (non-hydrogen) atoms. The molecular weight excluding hydrogens is 440 g/mol. The zero-order valence-corrected chi connectivity index (χ0v) is 23.6. The average molecular weight is 487 g/mol. The predicted molar refractivity (Wildman–Crippen MR) is 157 cm³/mol. The monoisotopic (exact) mass is 486 g/mol. The van der Waals surface area contributed by atoms with Crippen LogP contribution in [0.15, 0.2) is 101 Å². The van der Waals surface area contributed by atoms with Crippen molar-refractivity contribution in [3.05, 3.63) is 113 Å². The predicted octanol–water partition coefficient (Wildman–Crippen LogP) is 9.62. The van der Waals surface area contributed by atoms with E-state index in [9.17, 15) is 0 Å². The van der Waals surface area contributed by atoms with E-state index >= 15 is 0 Å². The number of methoxy groups -OCH3 is 1. The van der Waals surface area contributed by atoms with Crippen LogP contribution >= 0.6 is 0 Å². The second kappa shape index (κ2) is 14.7. The number of rotatable bonds is 12. The summed E-state index contributed by atoms with van der Waals surface area (Å²) in [6.45, 7) is 21.1. The van der Waals surface area contributed by atoms with Crippen LogP contribution in [0, 0.1) is 6.92 Å². The first-order chi connectivity index (χ1) is 17.2. The Morgan fingerprint density at radius 3 is 2.39 bits per heavy atom. The summed E-state index contributed by atoms with van der Waals surface area (Å²) in [5, 5.41) is 0. The van der Waals surface area contributed by atoms with Crippen LogP contribution in [0.3, 0.4) is 0 Å². The van der Waals surface area contributed by atoms with Gasteiger partial charge in [-0.3, -0.25) is 0 Å². The summed E-state index contributed by atoms with van der Waals surface area (Å²) in [7, 11) is 1.82. The Bertz CT molecular complexity index is 1060. The number of hydrogen-bond donors (Lipinski definition) is 0. The van der Waals surface area contributed by atoms with Crippen LogP contribution in [0.4, 0.5) is 0 Å². The average Bonchev–Trinajstić information content (AvgIpc) is 2.87. The third-order valence-corrected chi connectivity index (χ3v) is 6.83. The Labute approximate surface area is 220 Å². The zero-order valence-electron chi connectivity index (χ0n) is 23.6. The number of aryl methyl sites for hydroxylation is 1. The summed E-state index contributed by atoms with van der Waals surface area (Å²) in [5.74, 6) is 0.780. The highest BCUT2D eigenvalue weighted by Gasteiger charge is 2.26. The fourth-order valence-electron chi connectivity index (χ4n) is 4.61. The third kappa shape index (κ3) is 8.38. The number of ether oxygens (including phenoxy) is 2. The van der Waals surface area contributed by atoms with Crippen molar-refractivity contribution in [2.45, 2.75) is 85.9 Å². The highest BCUT2D eigenvalue weighted by molar-refractivity contribution is 5.75. The van der Waals surface area contributed by atoms with Gasteiger partial charge < -0.3 is 9.47 Å². The smallest absolute Gasteiger partial charge is 0.0982 e. The molecule has 2 heteroatoms. The molecule has 0 spiro atoms. The molecule has 1 aliphatic rings. The molecule has 1 aromatic carbocycles. The first kappa shape index (κ1) is 29.4. The Hall–Kier alpha value is -2.84. The molecule has 2 nitrogen and oxygen atoms in total. The summed E-state index contributed by atoms with van der Waals surface area (Å²) in [4.78, 5) is 0. The first-order valence-corrected chi connectivity index (χ1v) is 13.3. The van der Waals surface area contributed by atoms with Crippen molar-refractivity contribution >= 4 is 5.57 Å². The van der Waals surface area contributed by atoms with Gasteiger partial charge >= 0.3 is 0 Å². The third-order valence-electron chi connectivity index (χ3n) is 6.83. The van der Waals surface area contributed by atoms with Gasteiger partial charge in [0.25, 0.3) is 0 Å². The molecule has 0 radical (unpaired) electrons. The van der Waals surface area contributed by atoms with Crippen molar-refractivity contribution in [3.8, 4) is 0 Å². The van der Waals surface area contributed by atoms with Crippen LogP contribution in [-0.2, 0) is 9.47 Å². The van der Waals surface area contributed by atoms with Gasteiger partial charge in [0.2, 0.25) is 0 Å². The van der Waals surface area contributed by atoms with E-state index in [1.54, 1.807) is 0 Å². The maximum Gasteiger partial charge on any atom is 0.0982 e. The van der Waals surface area contributed by atoms with Gasteiger partial charge in [0.1, 0.15) is 0 Å². The van der Waals surface area contributed by atoms with Crippen LogP contribution < -0.4 is 0 Å². The molecule has 0 aromatic heterocycles. The minimum Gasteiger partial charge on any atom is -0.496 e. The summed E-state index contributed by atoms with van der Waals surface area (Å²) in [5.41, 5.74) is 9.93. The lowest BCUT2D eigenvalue weighted by atomic mass is 9.80. The summed E-state index contributed by atoms with van der Waals surface area (Å²) < 4.78 is 12.1. The highest BCUT2D eigenvalue weighted by Crippen LogP contribution is 2.38. The van der Waals surface area contributed by atoms with Crippen LogP contribution in [0.5, 0.6) is 0 Å². The lowest BCUT2D eigenvalue weighted by molar-refractivity contribution is 0.107. The van der Waals surface area contributed by atoms with Gasteiger partial charge in [-0.1, -0.05) is 86.7 Å². The first-order valence-electron chi connectivity index (χ1n) is 13.3. The van der Waals surface area contributed by atoms with E-state index in [1.165, 1.54) is 39.0 Å². The standard InChI is InChI=1S/C34H46O2/c1-10-13-14-28(11-2)27(8)21-33-32(26(7)17-20-31(12-3)36-24(4)5)22-30(23-34(33)35-9)29-18-15-25(6)16-19-29/h10,13-16,18-19,21-22,31,34H,4,8,11-12,17,20,23H2,1-3,5-7,9H3. The molecule has 0 saturated heterocycles. The van der Waals surface area contributed by atoms with Gasteiger partial charge in [0.15, 0.2) is 0 Å². The van der Waals surface area contributed by atoms with E-state index in [0.717, 1.165) is 43.4 Å². The summed E-state index contributed by atoms with van der Waals surface area (Å²) in [6, 6.07) is 8.80. The fraction of sp³-hybridized carbons (Fsp3) is 0.412. The molecule has 0 saturated carbocycles. The van der Waals surface area contributed by atoms with Crippen molar-refractivity contribution in [2.24, 2.45) is 0 Å². The summed E-state index contributed by atoms with van der Waals surface area (Å²) >= 11 is 0. The second-order valence-electron chi connectivity index (χ2n) is 9.74. The quantitative estimate of drug-likeness (QED) is 0.216. The van der Waals surface area contributed by atoms with Gasteiger partial charge in [-0.25, -0.2) is 0 Å². The largest absolute Gasteiger partial charge is 0.496 e. The van der Waals surface area contributed by atoms with E-state index in [2.05, 4.69) is 95.5 Å². The van der Waals surface area contributed by atoms with Crippen LogP contribution in [0.2, 0.25) is 0 Å². The van der Waals surface area contributed by atoms with Crippen LogP contribution in [0.1, 0.15) is 77.8 Å².